The highest BCUT2D eigenvalue weighted by molar-refractivity contribution is 5.97. The van der Waals surface area contributed by atoms with Crippen LogP contribution in [0.3, 0.4) is 0 Å². The molecule has 0 unspecified atom stereocenters. The van der Waals surface area contributed by atoms with Gasteiger partial charge in [0.05, 0.1) is 12.7 Å². The SMILES string of the molecule is CCOc1ccc2oc(C(=O)OCC(=O)N[C@@](C)(C#N)C(C)C)c(C)c2c1. The van der Waals surface area contributed by atoms with Gasteiger partial charge in [0.2, 0.25) is 5.76 Å². The second kappa shape index (κ2) is 8.12. The van der Waals surface area contributed by atoms with Crippen LogP contribution < -0.4 is 10.1 Å². The molecule has 2 aromatic rings. The van der Waals surface area contributed by atoms with Crippen LogP contribution in [0.2, 0.25) is 0 Å². The number of fused-ring (bicyclic) bond motifs is 1. The van der Waals surface area contributed by atoms with Crippen molar-refractivity contribution < 1.29 is 23.5 Å². The number of carbonyl (C=O) groups excluding carboxylic acids is 2. The number of amides is 1. The Labute approximate surface area is 158 Å². The van der Waals surface area contributed by atoms with Crippen molar-refractivity contribution in [2.24, 2.45) is 5.92 Å². The third-order valence-corrected chi connectivity index (χ3v) is 4.52. The van der Waals surface area contributed by atoms with Gasteiger partial charge in [-0.2, -0.15) is 5.26 Å². The lowest BCUT2D eigenvalue weighted by molar-refractivity contribution is -0.125. The van der Waals surface area contributed by atoms with Gasteiger partial charge in [-0.3, -0.25) is 4.79 Å². The zero-order chi connectivity index (χ0) is 20.2. The second-order valence-corrected chi connectivity index (χ2v) is 6.74. The van der Waals surface area contributed by atoms with Gasteiger partial charge in [0, 0.05) is 10.9 Å². The van der Waals surface area contributed by atoms with Crippen LogP contribution in [-0.4, -0.2) is 30.6 Å². The summed E-state index contributed by atoms with van der Waals surface area (Å²) in [4.78, 5) is 24.4. The molecule has 1 amide bonds. The Morgan fingerprint density at radius 3 is 2.67 bits per heavy atom. The number of rotatable bonds is 7. The number of carbonyl (C=O) groups is 2. The molecule has 2 rings (SSSR count). The molecule has 7 nitrogen and oxygen atoms in total. The number of nitriles is 1. The van der Waals surface area contributed by atoms with Gasteiger partial charge in [0.1, 0.15) is 16.9 Å². The maximum absolute atomic E-state index is 12.3. The third-order valence-electron chi connectivity index (χ3n) is 4.52. The van der Waals surface area contributed by atoms with Crippen molar-refractivity contribution in [1.29, 1.82) is 5.26 Å². The number of nitrogens with zero attached hydrogens (tertiary/aromatic N) is 1. The van der Waals surface area contributed by atoms with Crippen molar-refractivity contribution in [2.45, 2.75) is 40.2 Å². The smallest absolute Gasteiger partial charge is 0.375 e. The molecule has 0 aliphatic heterocycles. The van der Waals surface area contributed by atoms with E-state index in [0.717, 1.165) is 5.39 Å². The van der Waals surface area contributed by atoms with Crippen molar-refractivity contribution in [3.63, 3.8) is 0 Å². The number of benzene rings is 1. The summed E-state index contributed by atoms with van der Waals surface area (Å²) in [7, 11) is 0. The lowest BCUT2D eigenvalue weighted by Crippen LogP contribution is -2.50. The predicted molar refractivity (Wildman–Crippen MR) is 99.4 cm³/mol. The second-order valence-electron chi connectivity index (χ2n) is 6.74. The topological polar surface area (TPSA) is 102 Å². The monoisotopic (exact) mass is 372 g/mol. The van der Waals surface area contributed by atoms with Gasteiger partial charge in [-0.25, -0.2) is 4.79 Å². The number of aryl methyl sites for hydroxylation is 1. The fourth-order valence-corrected chi connectivity index (χ4v) is 2.47. The predicted octanol–water partition coefficient (Wildman–Crippen LogP) is 3.35. The fraction of sp³-hybridized carbons (Fsp3) is 0.450. The minimum atomic E-state index is -1.03. The molecule has 0 aliphatic carbocycles. The van der Waals surface area contributed by atoms with Gasteiger partial charge in [-0.1, -0.05) is 13.8 Å². The molecule has 0 saturated heterocycles. The van der Waals surface area contributed by atoms with E-state index in [9.17, 15) is 14.9 Å². The first-order valence-electron chi connectivity index (χ1n) is 8.77. The van der Waals surface area contributed by atoms with Crippen LogP contribution in [0, 0.1) is 24.2 Å². The molecule has 0 bridgehead atoms. The lowest BCUT2D eigenvalue weighted by atomic mass is 9.90. The molecule has 1 atom stereocenters. The number of esters is 1. The Bertz CT molecular complexity index is 894. The molecule has 0 fully saturated rings. The molecule has 1 aromatic carbocycles. The first-order valence-corrected chi connectivity index (χ1v) is 8.77. The van der Waals surface area contributed by atoms with Crippen LogP contribution in [0.25, 0.3) is 11.0 Å². The van der Waals surface area contributed by atoms with Crippen LogP contribution in [0.5, 0.6) is 5.75 Å². The molecule has 0 aliphatic rings. The molecule has 1 aromatic heterocycles. The first kappa shape index (κ1) is 20.3. The van der Waals surface area contributed by atoms with E-state index in [1.807, 2.05) is 20.8 Å². The maximum atomic E-state index is 12.3. The third kappa shape index (κ3) is 4.40. The summed E-state index contributed by atoms with van der Waals surface area (Å²) in [5, 5.41) is 12.6. The minimum absolute atomic E-state index is 0.0401. The summed E-state index contributed by atoms with van der Waals surface area (Å²) in [6.45, 7) is 8.93. The number of nitrogens with one attached hydrogen (secondary N) is 1. The highest BCUT2D eigenvalue weighted by Crippen LogP contribution is 2.29. The van der Waals surface area contributed by atoms with Gasteiger partial charge in [0.25, 0.3) is 5.91 Å². The molecular formula is C20H24N2O5. The molecular weight excluding hydrogens is 348 g/mol. The van der Waals surface area contributed by atoms with Gasteiger partial charge < -0.3 is 19.2 Å². The van der Waals surface area contributed by atoms with Crippen LogP contribution in [-0.2, 0) is 9.53 Å². The number of ether oxygens (including phenoxy) is 2. The van der Waals surface area contributed by atoms with E-state index >= 15 is 0 Å². The van der Waals surface area contributed by atoms with Crippen molar-refractivity contribution in [1.82, 2.24) is 5.32 Å². The summed E-state index contributed by atoms with van der Waals surface area (Å²) in [5.41, 5.74) is 0.110. The zero-order valence-corrected chi connectivity index (χ0v) is 16.2. The maximum Gasteiger partial charge on any atom is 0.375 e. The van der Waals surface area contributed by atoms with Crippen molar-refractivity contribution in [3.8, 4) is 11.8 Å². The highest BCUT2D eigenvalue weighted by Gasteiger charge is 2.30. The van der Waals surface area contributed by atoms with Crippen molar-refractivity contribution >= 4 is 22.8 Å². The van der Waals surface area contributed by atoms with E-state index in [0.29, 0.717) is 23.5 Å². The standard InChI is InChI=1S/C20H24N2O5/c1-6-25-14-7-8-16-15(9-14)13(4)18(27-16)19(24)26-10-17(23)22-20(5,11-21)12(2)3/h7-9,12H,6,10H2,1-5H3,(H,22,23)/t20-/m0/s1. The molecule has 0 radical (unpaired) electrons. The largest absolute Gasteiger partial charge is 0.494 e. The average molecular weight is 372 g/mol. The Hall–Kier alpha value is -3.01. The van der Waals surface area contributed by atoms with Gasteiger partial charge in [0.15, 0.2) is 6.61 Å². The fourth-order valence-electron chi connectivity index (χ4n) is 2.47. The van der Waals surface area contributed by atoms with Crippen molar-refractivity contribution in [2.75, 3.05) is 13.2 Å². The minimum Gasteiger partial charge on any atom is -0.494 e. The molecule has 7 heteroatoms. The van der Waals surface area contributed by atoms with Crippen LogP contribution in [0.1, 0.15) is 43.8 Å². The van der Waals surface area contributed by atoms with Crippen LogP contribution >= 0.6 is 0 Å². The Kier molecular flexibility index (Phi) is 6.11. The summed E-state index contributed by atoms with van der Waals surface area (Å²) in [5.74, 6) is -0.663. The normalized spacial score (nSPS) is 13.1. The van der Waals surface area contributed by atoms with E-state index in [2.05, 4.69) is 11.4 Å². The molecule has 27 heavy (non-hydrogen) atoms. The highest BCUT2D eigenvalue weighted by atomic mass is 16.5. The van der Waals surface area contributed by atoms with Crippen LogP contribution in [0.4, 0.5) is 0 Å². The quantitative estimate of drug-likeness (QED) is 0.748. The first-order chi connectivity index (χ1) is 12.7. The Balaban J connectivity index is 2.09. The molecule has 0 saturated carbocycles. The Morgan fingerprint density at radius 1 is 1.37 bits per heavy atom. The molecule has 0 spiro atoms. The number of hydrogen-bond donors (Lipinski definition) is 1. The molecule has 144 valence electrons. The van der Waals surface area contributed by atoms with E-state index in [1.165, 1.54) is 0 Å². The summed E-state index contributed by atoms with van der Waals surface area (Å²) >= 11 is 0. The van der Waals surface area contributed by atoms with E-state index in [1.54, 1.807) is 32.0 Å². The zero-order valence-electron chi connectivity index (χ0n) is 16.2. The lowest BCUT2D eigenvalue weighted by Gasteiger charge is -2.27. The molecule has 1 heterocycles. The Morgan fingerprint density at radius 2 is 2.07 bits per heavy atom. The number of hydrogen-bond acceptors (Lipinski definition) is 6. The summed E-state index contributed by atoms with van der Waals surface area (Å²) < 4.78 is 16.1. The van der Waals surface area contributed by atoms with Crippen LogP contribution in [0.15, 0.2) is 22.6 Å². The number of furan rings is 1. The van der Waals surface area contributed by atoms with E-state index < -0.39 is 24.0 Å². The van der Waals surface area contributed by atoms with Crippen molar-refractivity contribution in [3.05, 3.63) is 29.5 Å². The van der Waals surface area contributed by atoms with Gasteiger partial charge in [-0.15, -0.1) is 0 Å². The summed E-state index contributed by atoms with van der Waals surface area (Å²) in [6.07, 6.45) is 0. The summed E-state index contributed by atoms with van der Waals surface area (Å²) in [6, 6.07) is 7.34. The van der Waals surface area contributed by atoms with E-state index in [-0.39, 0.29) is 11.7 Å². The van der Waals surface area contributed by atoms with Gasteiger partial charge in [-0.05, 0) is 44.9 Å². The van der Waals surface area contributed by atoms with Gasteiger partial charge >= 0.3 is 5.97 Å². The van der Waals surface area contributed by atoms with E-state index in [4.69, 9.17) is 13.9 Å². The average Bonchev–Trinajstić information content (AvgIpc) is 2.96. The molecule has 1 N–H and O–H groups in total.